The second-order valence-electron chi connectivity index (χ2n) is 5.28. The lowest BCUT2D eigenvalue weighted by Gasteiger charge is -2.11. The van der Waals surface area contributed by atoms with Crippen molar-refractivity contribution in [2.75, 3.05) is 0 Å². The molecule has 1 heterocycles. The van der Waals surface area contributed by atoms with Gasteiger partial charge in [-0.25, -0.2) is 9.97 Å². The van der Waals surface area contributed by atoms with Crippen LogP contribution >= 0.6 is 0 Å². The van der Waals surface area contributed by atoms with Gasteiger partial charge in [0.25, 0.3) is 0 Å². The van der Waals surface area contributed by atoms with E-state index in [9.17, 15) is 13.2 Å². The van der Waals surface area contributed by atoms with E-state index in [2.05, 4.69) is 9.97 Å². The first kappa shape index (κ1) is 14.5. The molecule has 1 aromatic heterocycles. The van der Waals surface area contributed by atoms with E-state index in [1.54, 1.807) is 24.3 Å². The summed E-state index contributed by atoms with van der Waals surface area (Å²) < 4.78 is 39.1. The quantitative estimate of drug-likeness (QED) is 0.637. The van der Waals surface area contributed by atoms with Gasteiger partial charge in [0.2, 0.25) is 5.82 Å². The SMILES string of the molecule is Cc1ccc(-c2nc(C(F)(F)F)nc3ccc(C)cc23)cc1. The largest absolute Gasteiger partial charge is 0.451 e. The summed E-state index contributed by atoms with van der Waals surface area (Å²) in [6.07, 6.45) is -4.57. The first-order chi connectivity index (χ1) is 10.3. The molecular formula is C17H13F3N2. The zero-order chi connectivity index (χ0) is 15.9. The second-order valence-corrected chi connectivity index (χ2v) is 5.28. The monoisotopic (exact) mass is 302 g/mol. The minimum atomic E-state index is -4.57. The summed E-state index contributed by atoms with van der Waals surface area (Å²) >= 11 is 0. The third kappa shape index (κ3) is 2.66. The van der Waals surface area contributed by atoms with Crippen molar-refractivity contribution in [2.45, 2.75) is 20.0 Å². The lowest BCUT2D eigenvalue weighted by atomic mass is 10.0. The molecule has 0 aliphatic carbocycles. The second kappa shape index (κ2) is 5.09. The van der Waals surface area contributed by atoms with Crippen molar-refractivity contribution in [2.24, 2.45) is 0 Å². The van der Waals surface area contributed by atoms with Crippen LogP contribution in [0.15, 0.2) is 42.5 Å². The number of halogens is 3. The maximum absolute atomic E-state index is 13.0. The molecule has 0 saturated heterocycles. The van der Waals surface area contributed by atoms with Crippen molar-refractivity contribution in [1.82, 2.24) is 9.97 Å². The molecule has 0 saturated carbocycles. The maximum Gasteiger partial charge on any atom is 0.451 e. The Hall–Kier alpha value is -2.43. The third-order valence-corrected chi connectivity index (χ3v) is 3.43. The van der Waals surface area contributed by atoms with E-state index in [0.29, 0.717) is 22.2 Å². The summed E-state index contributed by atoms with van der Waals surface area (Å²) in [5.74, 6) is -1.11. The average Bonchev–Trinajstić information content (AvgIpc) is 2.46. The molecule has 112 valence electrons. The smallest absolute Gasteiger partial charge is 0.224 e. The lowest BCUT2D eigenvalue weighted by molar-refractivity contribution is -0.144. The number of aromatic nitrogens is 2. The predicted molar refractivity (Wildman–Crippen MR) is 79.5 cm³/mol. The van der Waals surface area contributed by atoms with Crippen LogP contribution in [0.3, 0.4) is 0 Å². The van der Waals surface area contributed by atoms with Crippen LogP contribution in [-0.4, -0.2) is 9.97 Å². The van der Waals surface area contributed by atoms with E-state index in [1.807, 2.05) is 32.0 Å². The Balaban J connectivity index is 2.34. The third-order valence-electron chi connectivity index (χ3n) is 3.43. The van der Waals surface area contributed by atoms with E-state index in [-0.39, 0.29) is 0 Å². The fourth-order valence-corrected chi connectivity index (χ4v) is 2.30. The van der Waals surface area contributed by atoms with Gasteiger partial charge in [0.05, 0.1) is 11.2 Å². The highest BCUT2D eigenvalue weighted by molar-refractivity contribution is 5.92. The van der Waals surface area contributed by atoms with Gasteiger partial charge in [0.15, 0.2) is 0 Å². The maximum atomic E-state index is 13.0. The van der Waals surface area contributed by atoms with E-state index in [0.717, 1.165) is 11.1 Å². The van der Waals surface area contributed by atoms with Crippen LogP contribution in [0.4, 0.5) is 13.2 Å². The molecular weight excluding hydrogens is 289 g/mol. The van der Waals surface area contributed by atoms with Crippen LogP contribution in [0.25, 0.3) is 22.2 Å². The van der Waals surface area contributed by atoms with Crippen molar-refractivity contribution < 1.29 is 13.2 Å². The van der Waals surface area contributed by atoms with Crippen molar-refractivity contribution in [1.29, 1.82) is 0 Å². The minimum Gasteiger partial charge on any atom is -0.224 e. The molecule has 22 heavy (non-hydrogen) atoms. The molecule has 0 aliphatic heterocycles. The Morgan fingerprint density at radius 2 is 1.45 bits per heavy atom. The molecule has 2 aromatic carbocycles. The van der Waals surface area contributed by atoms with Gasteiger partial charge in [-0.15, -0.1) is 0 Å². The lowest BCUT2D eigenvalue weighted by Crippen LogP contribution is -2.12. The number of alkyl halides is 3. The molecule has 0 aliphatic rings. The zero-order valence-electron chi connectivity index (χ0n) is 12.1. The van der Waals surface area contributed by atoms with Gasteiger partial charge in [-0.1, -0.05) is 41.5 Å². The molecule has 0 spiro atoms. The number of aryl methyl sites for hydroxylation is 2. The first-order valence-corrected chi connectivity index (χ1v) is 6.77. The fourth-order valence-electron chi connectivity index (χ4n) is 2.30. The highest BCUT2D eigenvalue weighted by Crippen LogP contribution is 2.32. The number of nitrogens with zero attached hydrogens (tertiary/aromatic N) is 2. The van der Waals surface area contributed by atoms with Crippen LogP contribution in [-0.2, 0) is 6.18 Å². The zero-order valence-corrected chi connectivity index (χ0v) is 12.1. The van der Waals surface area contributed by atoms with E-state index < -0.39 is 12.0 Å². The van der Waals surface area contributed by atoms with E-state index in [1.165, 1.54) is 0 Å². The summed E-state index contributed by atoms with van der Waals surface area (Å²) in [5.41, 5.74) is 3.23. The molecule has 0 N–H and O–H groups in total. The Morgan fingerprint density at radius 3 is 2.09 bits per heavy atom. The van der Waals surface area contributed by atoms with Crippen molar-refractivity contribution in [3.05, 3.63) is 59.4 Å². The number of hydrogen-bond acceptors (Lipinski definition) is 2. The molecule has 0 radical (unpaired) electrons. The van der Waals surface area contributed by atoms with Crippen LogP contribution in [0, 0.1) is 13.8 Å². The van der Waals surface area contributed by atoms with Crippen LogP contribution < -0.4 is 0 Å². The molecule has 3 aromatic rings. The molecule has 3 rings (SSSR count). The van der Waals surface area contributed by atoms with E-state index in [4.69, 9.17) is 0 Å². The molecule has 2 nitrogen and oxygen atoms in total. The summed E-state index contributed by atoms with van der Waals surface area (Å²) in [6, 6.07) is 12.4. The van der Waals surface area contributed by atoms with Crippen molar-refractivity contribution >= 4 is 10.9 Å². The number of rotatable bonds is 1. The van der Waals surface area contributed by atoms with Gasteiger partial charge in [0.1, 0.15) is 0 Å². The van der Waals surface area contributed by atoms with Crippen LogP contribution in [0.2, 0.25) is 0 Å². The molecule has 0 amide bonds. The Kier molecular flexibility index (Phi) is 3.35. The van der Waals surface area contributed by atoms with Gasteiger partial charge in [0, 0.05) is 10.9 Å². The van der Waals surface area contributed by atoms with Crippen molar-refractivity contribution in [3.8, 4) is 11.3 Å². The summed E-state index contributed by atoms with van der Waals surface area (Å²) in [6.45, 7) is 3.81. The Morgan fingerprint density at radius 1 is 0.818 bits per heavy atom. The topological polar surface area (TPSA) is 25.8 Å². The Labute approximate surface area is 125 Å². The molecule has 0 fully saturated rings. The van der Waals surface area contributed by atoms with Gasteiger partial charge >= 0.3 is 6.18 Å². The number of benzene rings is 2. The van der Waals surface area contributed by atoms with Gasteiger partial charge in [-0.05, 0) is 26.0 Å². The predicted octanol–water partition coefficient (Wildman–Crippen LogP) is 4.93. The summed E-state index contributed by atoms with van der Waals surface area (Å²) in [5, 5.41) is 0.622. The minimum absolute atomic E-state index is 0.295. The first-order valence-electron chi connectivity index (χ1n) is 6.77. The van der Waals surface area contributed by atoms with Gasteiger partial charge in [-0.2, -0.15) is 13.2 Å². The molecule has 0 bridgehead atoms. The van der Waals surface area contributed by atoms with Crippen LogP contribution in [0.5, 0.6) is 0 Å². The highest BCUT2D eigenvalue weighted by atomic mass is 19.4. The molecule has 0 atom stereocenters. The van der Waals surface area contributed by atoms with Crippen LogP contribution in [0.1, 0.15) is 17.0 Å². The highest BCUT2D eigenvalue weighted by Gasteiger charge is 2.35. The summed E-state index contributed by atoms with van der Waals surface area (Å²) in [4.78, 5) is 7.43. The van der Waals surface area contributed by atoms with E-state index >= 15 is 0 Å². The Bertz CT molecular complexity index is 837. The van der Waals surface area contributed by atoms with Crippen molar-refractivity contribution in [3.63, 3.8) is 0 Å². The molecule has 5 heteroatoms. The number of fused-ring (bicyclic) bond motifs is 1. The fraction of sp³-hybridized carbons (Fsp3) is 0.176. The summed E-state index contributed by atoms with van der Waals surface area (Å²) in [7, 11) is 0. The average molecular weight is 302 g/mol. The van der Waals surface area contributed by atoms with Gasteiger partial charge < -0.3 is 0 Å². The standard InChI is InChI=1S/C17H13F3N2/c1-10-3-6-12(7-4-10)15-13-9-11(2)5-8-14(13)21-16(22-15)17(18,19)20/h3-9H,1-2H3. The molecule has 0 unspecified atom stereocenters. The number of hydrogen-bond donors (Lipinski definition) is 0. The van der Waals surface area contributed by atoms with Gasteiger partial charge in [-0.3, -0.25) is 0 Å². The normalized spacial score (nSPS) is 11.9.